The van der Waals surface area contributed by atoms with E-state index < -0.39 is 10.5 Å². The van der Waals surface area contributed by atoms with Gasteiger partial charge in [-0.3, -0.25) is 14.9 Å². The van der Waals surface area contributed by atoms with E-state index in [0.717, 1.165) is 0 Å². The van der Waals surface area contributed by atoms with E-state index in [1.165, 1.54) is 36.4 Å². The lowest BCUT2D eigenvalue weighted by atomic mass is 10.1. The van der Waals surface area contributed by atoms with Crippen LogP contribution in [0.5, 0.6) is 0 Å². The van der Waals surface area contributed by atoms with Gasteiger partial charge in [-0.15, -0.1) is 0 Å². The van der Waals surface area contributed by atoms with Gasteiger partial charge in [-0.2, -0.15) is 5.26 Å². The van der Waals surface area contributed by atoms with Crippen LogP contribution >= 0.6 is 23.2 Å². The van der Waals surface area contributed by atoms with Gasteiger partial charge in [0.25, 0.3) is 11.2 Å². The van der Waals surface area contributed by atoms with Crippen LogP contribution in [-0.2, 0) is 0 Å². The summed E-state index contributed by atoms with van der Waals surface area (Å²) in [7, 11) is 0. The average molecular weight is 387 g/mol. The number of nitrogens with one attached hydrogen (secondary N) is 1. The van der Waals surface area contributed by atoms with Crippen LogP contribution in [0.4, 0.5) is 5.69 Å². The molecule has 0 bridgehead atoms. The molecule has 0 spiro atoms. The van der Waals surface area contributed by atoms with Crippen LogP contribution in [0.1, 0.15) is 11.4 Å². The van der Waals surface area contributed by atoms with E-state index >= 15 is 0 Å². The maximum Gasteiger partial charge on any atom is 0.288 e. The van der Waals surface area contributed by atoms with Gasteiger partial charge >= 0.3 is 0 Å². The maximum absolute atomic E-state index is 12.2. The van der Waals surface area contributed by atoms with Crippen molar-refractivity contribution in [3.63, 3.8) is 0 Å². The summed E-state index contributed by atoms with van der Waals surface area (Å²) in [5, 5.41) is 21.1. The summed E-state index contributed by atoms with van der Waals surface area (Å²) < 4.78 is 0. The Morgan fingerprint density at radius 1 is 1.27 bits per heavy atom. The molecule has 26 heavy (non-hydrogen) atoms. The van der Waals surface area contributed by atoms with Crippen molar-refractivity contribution in [3.05, 3.63) is 78.3 Å². The summed E-state index contributed by atoms with van der Waals surface area (Å²) in [5.41, 5.74) is 0.0147. The number of hydrogen-bond acceptors (Lipinski definition) is 5. The molecule has 0 radical (unpaired) electrons. The van der Waals surface area contributed by atoms with Gasteiger partial charge in [-0.25, -0.2) is 4.98 Å². The van der Waals surface area contributed by atoms with Crippen molar-refractivity contribution in [2.75, 3.05) is 0 Å². The largest absolute Gasteiger partial charge is 0.305 e. The summed E-state index contributed by atoms with van der Waals surface area (Å²) >= 11 is 11.7. The summed E-state index contributed by atoms with van der Waals surface area (Å²) in [5.74, 6) is 0.0323. The number of H-pyrrole nitrogens is 1. The molecule has 0 aliphatic carbocycles. The second-order valence-corrected chi connectivity index (χ2v) is 6.06. The van der Waals surface area contributed by atoms with Gasteiger partial charge in [0.1, 0.15) is 11.1 Å². The number of halogens is 2. The molecule has 0 atom stereocenters. The molecule has 3 rings (SSSR count). The lowest BCUT2D eigenvalue weighted by molar-refractivity contribution is -0.384. The minimum atomic E-state index is -0.621. The average Bonchev–Trinajstić information content (AvgIpc) is 2.60. The first kappa shape index (κ1) is 17.6. The topological polar surface area (TPSA) is 113 Å². The molecule has 128 valence electrons. The highest BCUT2D eigenvalue weighted by Crippen LogP contribution is 2.27. The van der Waals surface area contributed by atoms with E-state index in [-0.39, 0.29) is 22.1 Å². The zero-order valence-electron chi connectivity index (χ0n) is 12.9. The molecule has 1 aromatic heterocycles. The highest BCUT2D eigenvalue weighted by molar-refractivity contribution is 6.32. The molecule has 3 aromatic rings. The second-order valence-electron chi connectivity index (χ2n) is 5.21. The number of aromatic amines is 1. The Balaban J connectivity index is 2.15. The number of nitriles is 1. The molecule has 2 aromatic carbocycles. The van der Waals surface area contributed by atoms with E-state index in [1.807, 2.05) is 6.07 Å². The van der Waals surface area contributed by atoms with Gasteiger partial charge in [-0.05, 0) is 35.9 Å². The molecule has 0 amide bonds. The van der Waals surface area contributed by atoms with E-state index in [1.54, 1.807) is 6.07 Å². The molecule has 7 nitrogen and oxygen atoms in total. The summed E-state index contributed by atoms with van der Waals surface area (Å²) in [4.78, 5) is 29.3. The number of aromatic nitrogens is 2. The van der Waals surface area contributed by atoms with Crippen molar-refractivity contribution in [1.82, 2.24) is 9.97 Å². The number of nitrogens with zero attached hydrogens (tertiary/aromatic N) is 3. The highest BCUT2D eigenvalue weighted by atomic mass is 35.5. The molecule has 0 saturated heterocycles. The van der Waals surface area contributed by atoms with Crippen molar-refractivity contribution in [2.45, 2.75) is 0 Å². The molecular formula is C17H8Cl2N4O3. The molecule has 1 N–H and O–H groups in total. The predicted octanol–water partition coefficient (Wildman–Crippen LogP) is 4.20. The molecule has 0 aliphatic rings. The standard InChI is InChI=1S/C17H8Cl2N4O3/c18-11-2-3-12-14(7-11)21-16(22-17(12)24)10(8-20)5-9-1-4-13(19)15(6-9)23(25)26/h1-7H,(H,21,22,24)/b10-5-. The van der Waals surface area contributed by atoms with Crippen molar-refractivity contribution in [2.24, 2.45) is 0 Å². The molecule has 9 heteroatoms. The highest BCUT2D eigenvalue weighted by Gasteiger charge is 2.14. The van der Waals surface area contributed by atoms with Gasteiger partial charge < -0.3 is 4.98 Å². The zero-order chi connectivity index (χ0) is 18.8. The first-order valence-electron chi connectivity index (χ1n) is 7.15. The lowest BCUT2D eigenvalue weighted by Crippen LogP contribution is -2.11. The normalized spacial score (nSPS) is 11.3. The van der Waals surface area contributed by atoms with Crippen LogP contribution in [-0.4, -0.2) is 14.9 Å². The van der Waals surface area contributed by atoms with Crippen LogP contribution < -0.4 is 5.56 Å². The maximum atomic E-state index is 12.2. The number of hydrogen-bond donors (Lipinski definition) is 1. The molecule has 0 fully saturated rings. The number of allylic oxidation sites excluding steroid dienone is 1. The minimum Gasteiger partial charge on any atom is -0.305 e. The number of benzene rings is 2. The summed E-state index contributed by atoms with van der Waals surface area (Å²) in [6.45, 7) is 0. The molecule has 1 heterocycles. The van der Waals surface area contributed by atoms with E-state index in [4.69, 9.17) is 23.2 Å². The molecule has 0 saturated carbocycles. The number of fused-ring (bicyclic) bond motifs is 1. The SMILES string of the molecule is N#C/C(=C/c1ccc(Cl)c([N+](=O)[O-])c1)c1nc2cc(Cl)ccc2c(=O)[nH]1. The quantitative estimate of drug-likeness (QED) is 0.411. The fourth-order valence-corrected chi connectivity index (χ4v) is 2.67. The van der Waals surface area contributed by atoms with E-state index in [9.17, 15) is 20.2 Å². The number of nitro groups is 1. The summed E-state index contributed by atoms with van der Waals surface area (Å²) in [6.07, 6.45) is 1.37. The first-order valence-corrected chi connectivity index (χ1v) is 7.90. The predicted molar refractivity (Wildman–Crippen MR) is 99.0 cm³/mol. The second kappa shape index (κ2) is 6.96. The van der Waals surface area contributed by atoms with Gasteiger partial charge in [0.15, 0.2) is 5.82 Å². The van der Waals surface area contributed by atoms with Gasteiger partial charge in [0.2, 0.25) is 0 Å². The fraction of sp³-hybridized carbons (Fsp3) is 0. The smallest absolute Gasteiger partial charge is 0.288 e. The van der Waals surface area contributed by atoms with E-state index in [2.05, 4.69) is 9.97 Å². The third kappa shape index (κ3) is 3.42. The summed E-state index contributed by atoms with van der Waals surface area (Å²) in [6, 6.07) is 10.6. The Kier molecular flexibility index (Phi) is 4.71. The van der Waals surface area contributed by atoms with Gasteiger partial charge in [0, 0.05) is 11.1 Å². The Morgan fingerprint density at radius 3 is 2.73 bits per heavy atom. The van der Waals surface area contributed by atoms with Crippen LogP contribution in [0.3, 0.4) is 0 Å². The zero-order valence-corrected chi connectivity index (χ0v) is 14.4. The van der Waals surface area contributed by atoms with E-state index in [0.29, 0.717) is 21.5 Å². The van der Waals surface area contributed by atoms with Crippen molar-refractivity contribution >= 4 is 51.4 Å². The fourth-order valence-electron chi connectivity index (χ4n) is 2.32. The van der Waals surface area contributed by atoms with Gasteiger partial charge in [-0.1, -0.05) is 29.3 Å². The Labute approximate surface area is 156 Å². The Bertz CT molecular complexity index is 1180. The lowest BCUT2D eigenvalue weighted by Gasteiger charge is -2.03. The van der Waals surface area contributed by atoms with Crippen LogP contribution in [0.2, 0.25) is 10.0 Å². The number of nitro benzene ring substituents is 1. The van der Waals surface area contributed by atoms with Crippen LogP contribution in [0, 0.1) is 21.4 Å². The van der Waals surface area contributed by atoms with Crippen LogP contribution in [0.25, 0.3) is 22.6 Å². The Morgan fingerprint density at radius 2 is 2.04 bits per heavy atom. The van der Waals surface area contributed by atoms with Crippen molar-refractivity contribution in [1.29, 1.82) is 5.26 Å². The van der Waals surface area contributed by atoms with Crippen molar-refractivity contribution in [3.8, 4) is 6.07 Å². The van der Waals surface area contributed by atoms with Gasteiger partial charge in [0.05, 0.1) is 21.4 Å². The monoisotopic (exact) mass is 386 g/mol. The van der Waals surface area contributed by atoms with Crippen molar-refractivity contribution < 1.29 is 4.92 Å². The molecular weight excluding hydrogens is 379 g/mol. The third-order valence-electron chi connectivity index (χ3n) is 3.52. The first-order chi connectivity index (χ1) is 12.4. The molecule has 0 aliphatic heterocycles. The third-order valence-corrected chi connectivity index (χ3v) is 4.08. The Hall–Kier alpha value is -3.21. The number of rotatable bonds is 3. The van der Waals surface area contributed by atoms with Crippen LogP contribution in [0.15, 0.2) is 41.2 Å². The minimum absolute atomic E-state index is 0.0162. The molecule has 0 unspecified atom stereocenters.